The normalized spacial score (nSPS) is 11.0. The van der Waals surface area contributed by atoms with Gasteiger partial charge in [-0.05, 0) is 36.0 Å². The molecule has 112 valence electrons. The second kappa shape index (κ2) is 6.07. The molecule has 0 amide bonds. The summed E-state index contributed by atoms with van der Waals surface area (Å²) in [5.74, 6) is 0. The van der Waals surface area contributed by atoms with Crippen molar-refractivity contribution in [3.05, 3.63) is 78.1 Å². The van der Waals surface area contributed by atoms with Gasteiger partial charge in [-0.1, -0.05) is 48.0 Å². The first-order valence-electron chi connectivity index (χ1n) is 7.14. The number of pyridine rings is 2. The van der Waals surface area contributed by atoms with E-state index in [0.717, 1.165) is 27.0 Å². The van der Waals surface area contributed by atoms with E-state index in [9.17, 15) is 0 Å². The van der Waals surface area contributed by atoms with E-state index in [1.165, 1.54) is 0 Å². The minimum atomic E-state index is 0.637. The van der Waals surface area contributed by atoms with Gasteiger partial charge in [0.15, 0.2) is 5.65 Å². The number of rotatable bonds is 3. The molecule has 0 spiro atoms. The molecule has 3 nitrogen and oxygen atoms in total. The van der Waals surface area contributed by atoms with Crippen LogP contribution in [0.3, 0.4) is 0 Å². The smallest absolute Gasteiger partial charge is 0.157 e. The number of hydrogen-bond donors (Lipinski definition) is 0. The third-order valence-electron chi connectivity index (χ3n) is 3.44. The Labute approximate surface area is 143 Å². The standard InChI is InChI=1S/C18H12ClN3S/c19-14-9-6-12-22-17(14)21-16(13-7-2-1-3-8-13)18(22)23-15-10-4-5-11-20-15/h1-12H. The van der Waals surface area contributed by atoms with Crippen LogP contribution in [0.15, 0.2) is 83.1 Å². The summed E-state index contributed by atoms with van der Waals surface area (Å²) in [5.41, 5.74) is 2.73. The predicted octanol–water partition coefficient (Wildman–Crippen LogP) is 5.20. The van der Waals surface area contributed by atoms with Crippen molar-refractivity contribution >= 4 is 29.0 Å². The van der Waals surface area contributed by atoms with Gasteiger partial charge in [0.1, 0.15) is 15.7 Å². The van der Waals surface area contributed by atoms with Gasteiger partial charge in [0.25, 0.3) is 0 Å². The Bertz CT molecular complexity index is 952. The fraction of sp³-hybridized carbons (Fsp3) is 0. The summed E-state index contributed by atoms with van der Waals surface area (Å²) < 4.78 is 2.02. The second-order valence-electron chi connectivity index (χ2n) is 4.95. The van der Waals surface area contributed by atoms with Gasteiger partial charge < -0.3 is 0 Å². The Morgan fingerprint density at radius 3 is 2.52 bits per heavy atom. The highest BCUT2D eigenvalue weighted by Gasteiger charge is 2.17. The average Bonchev–Trinajstić information content (AvgIpc) is 2.97. The highest BCUT2D eigenvalue weighted by Crippen LogP contribution is 2.36. The number of imidazole rings is 1. The molecule has 4 aromatic rings. The Morgan fingerprint density at radius 2 is 1.74 bits per heavy atom. The van der Waals surface area contributed by atoms with Crippen LogP contribution in [0.1, 0.15) is 0 Å². The Hall–Kier alpha value is -2.30. The minimum Gasteiger partial charge on any atom is -0.293 e. The molecule has 23 heavy (non-hydrogen) atoms. The molecule has 1 aromatic carbocycles. The van der Waals surface area contributed by atoms with Gasteiger partial charge in [-0.3, -0.25) is 4.40 Å². The van der Waals surface area contributed by atoms with Crippen LogP contribution < -0.4 is 0 Å². The van der Waals surface area contributed by atoms with Crippen molar-refractivity contribution in [3.8, 4) is 11.3 Å². The van der Waals surface area contributed by atoms with Crippen LogP contribution >= 0.6 is 23.4 Å². The van der Waals surface area contributed by atoms with Gasteiger partial charge in [0.05, 0.1) is 5.02 Å². The lowest BCUT2D eigenvalue weighted by molar-refractivity contribution is 1.04. The predicted molar refractivity (Wildman–Crippen MR) is 94.0 cm³/mol. The molecule has 3 heterocycles. The molecule has 0 radical (unpaired) electrons. The minimum absolute atomic E-state index is 0.637. The summed E-state index contributed by atoms with van der Waals surface area (Å²) in [5, 5.41) is 2.57. The van der Waals surface area contributed by atoms with Crippen molar-refractivity contribution in [2.24, 2.45) is 0 Å². The van der Waals surface area contributed by atoms with Crippen LogP contribution in [0.5, 0.6) is 0 Å². The summed E-state index contributed by atoms with van der Waals surface area (Å²) in [7, 11) is 0. The van der Waals surface area contributed by atoms with Crippen molar-refractivity contribution in [1.29, 1.82) is 0 Å². The van der Waals surface area contributed by atoms with Crippen LogP contribution in [0.25, 0.3) is 16.9 Å². The van der Waals surface area contributed by atoms with E-state index < -0.39 is 0 Å². The molecule has 3 aromatic heterocycles. The first-order chi connectivity index (χ1) is 11.3. The van der Waals surface area contributed by atoms with Gasteiger partial charge in [-0.25, -0.2) is 9.97 Å². The van der Waals surface area contributed by atoms with Gasteiger partial charge in [0.2, 0.25) is 0 Å². The number of nitrogens with zero attached hydrogens (tertiary/aromatic N) is 3. The van der Waals surface area contributed by atoms with Crippen LogP contribution in [-0.4, -0.2) is 14.4 Å². The van der Waals surface area contributed by atoms with Crippen LogP contribution in [0, 0.1) is 0 Å². The Balaban J connectivity index is 1.94. The summed E-state index contributed by atoms with van der Waals surface area (Å²) >= 11 is 7.91. The second-order valence-corrected chi connectivity index (χ2v) is 6.37. The molecule has 0 aliphatic carbocycles. The van der Waals surface area contributed by atoms with E-state index in [0.29, 0.717) is 5.02 Å². The third kappa shape index (κ3) is 2.71. The van der Waals surface area contributed by atoms with Gasteiger partial charge >= 0.3 is 0 Å². The summed E-state index contributed by atoms with van der Waals surface area (Å²) in [4.78, 5) is 9.17. The molecule has 0 unspecified atom stereocenters. The maximum atomic E-state index is 6.32. The first-order valence-corrected chi connectivity index (χ1v) is 8.33. The molecule has 0 bridgehead atoms. The molecule has 4 rings (SSSR count). The van der Waals surface area contributed by atoms with E-state index in [4.69, 9.17) is 16.6 Å². The maximum Gasteiger partial charge on any atom is 0.157 e. The van der Waals surface area contributed by atoms with Crippen molar-refractivity contribution in [2.45, 2.75) is 10.1 Å². The number of aromatic nitrogens is 3. The highest BCUT2D eigenvalue weighted by molar-refractivity contribution is 7.99. The lowest BCUT2D eigenvalue weighted by Gasteiger charge is -2.04. The summed E-state index contributed by atoms with van der Waals surface area (Å²) in [6.45, 7) is 0. The third-order valence-corrected chi connectivity index (χ3v) is 4.77. The molecule has 0 aliphatic rings. The summed E-state index contributed by atoms with van der Waals surface area (Å²) in [6.07, 6.45) is 3.77. The van der Waals surface area contributed by atoms with E-state index in [-0.39, 0.29) is 0 Å². The Kier molecular flexibility index (Phi) is 3.77. The van der Waals surface area contributed by atoms with Crippen LogP contribution in [0.4, 0.5) is 0 Å². The van der Waals surface area contributed by atoms with Crippen molar-refractivity contribution in [3.63, 3.8) is 0 Å². The van der Waals surface area contributed by atoms with Crippen molar-refractivity contribution in [1.82, 2.24) is 14.4 Å². The van der Waals surface area contributed by atoms with Crippen molar-refractivity contribution in [2.75, 3.05) is 0 Å². The molecule has 0 saturated carbocycles. The van der Waals surface area contributed by atoms with Crippen LogP contribution in [0.2, 0.25) is 5.02 Å². The number of fused-ring (bicyclic) bond motifs is 1. The SMILES string of the molecule is Clc1cccn2c(Sc3ccccn3)c(-c3ccccc3)nc12. The fourth-order valence-electron chi connectivity index (χ4n) is 2.40. The number of halogens is 1. The maximum absolute atomic E-state index is 6.32. The summed E-state index contributed by atoms with van der Waals surface area (Å²) in [6, 6.07) is 19.8. The molecular weight excluding hydrogens is 326 g/mol. The lowest BCUT2D eigenvalue weighted by Crippen LogP contribution is -1.88. The number of hydrogen-bond acceptors (Lipinski definition) is 3. The monoisotopic (exact) mass is 337 g/mol. The highest BCUT2D eigenvalue weighted by atomic mass is 35.5. The van der Waals surface area contributed by atoms with E-state index in [2.05, 4.69) is 17.1 Å². The molecule has 0 aliphatic heterocycles. The molecule has 0 N–H and O–H groups in total. The zero-order valence-electron chi connectivity index (χ0n) is 12.1. The Morgan fingerprint density at radius 1 is 0.913 bits per heavy atom. The quantitative estimate of drug-likeness (QED) is 0.514. The number of benzene rings is 1. The lowest BCUT2D eigenvalue weighted by atomic mass is 10.2. The topological polar surface area (TPSA) is 30.2 Å². The average molecular weight is 338 g/mol. The van der Waals surface area contributed by atoms with E-state index in [1.54, 1.807) is 18.0 Å². The zero-order valence-corrected chi connectivity index (χ0v) is 13.6. The molecule has 0 saturated heterocycles. The van der Waals surface area contributed by atoms with E-state index >= 15 is 0 Å². The molecule has 0 fully saturated rings. The van der Waals surface area contributed by atoms with E-state index in [1.807, 2.05) is 59.1 Å². The van der Waals surface area contributed by atoms with Gasteiger partial charge in [0, 0.05) is 18.0 Å². The molecule has 0 atom stereocenters. The van der Waals surface area contributed by atoms with Gasteiger partial charge in [-0.2, -0.15) is 0 Å². The first kappa shape index (κ1) is 14.3. The van der Waals surface area contributed by atoms with Crippen LogP contribution in [-0.2, 0) is 0 Å². The van der Waals surface area contributed by atoms with Crippen molar-refractivity contribution < 1.29 is 0 Å². The van der Waals surface area contributed by atoms with Gasteiger partial charge in [-0.15, -0.1) is 0 Å². The largest absolute Gasteiger partial charge is 0.293 e. The molecular formula is C18H12ClN3S. The molecule has 5 heteroatoms. The fourth-order valence-corrected chi connectivity index (χ4v) is 3.57. The zero-order chi connectivity index (χ0) is 15.6.